The van der Waals surface area contributed by atoms with E-state index in [0.29, 0.717) is 24.5 Å². The van der Waals surface area contributed by atoms with Crippen LogP contribution in [0.2, 0.25) is 0 Å². The third-order valence-corrected chi connectivity index (χ3v) is 6.18. The zero-order valence-corrected chi connectivity index (χ0v) is 15.9. The van der Waals surface area contributed by atoms with Gasteiger partial charge in [0.2, 0.25) is 15.9 Å². The van der Waals surface area contributed by atoms with E-state index >= 15 is 0 Å². The summed E-state index contributed by atoms with van der Waals surface area (Å²) >= 11 is 0. The quantitative estimate of drug-likeness (QED) is 0.801. The van der Waals surface area contributed by atoms with Gasteiger partial charge in [-0.25, -0.2) is 8.42 Å². The highest BCUT2D eigenvalue weighted by Gasteiger charge is 2.31. The molecule has 0 aliphatic carbocycles. The van der Waals surface area contributed by atoms with Crippen molar-refractivity contribution in [3.05, 3.63) is 41.7 Å². The average Bonchev–Trinajstić information content (AvgIpc) is 3.07. The lowest BCUT2D eigenvalue weighted by molar-refractivity contribution is -0.114. The number of amides is 2. The fourth-order valence-corrected chi connectivity index (χ4v) is 4.31. The fourth-order valence-electron chi connectivity index (χ4n) is 2.88. The molecule has 2 heterocycles. The predicted molar refractivity (Wildman–Crippen MR) is 98.7 cm³/mol. The molecule has 1 fully saturated rings. The summed E-state index contributed by atoms with van der Waals surface area (Å²) in [5.74, 6) is -0.436. The third kappa shape index (κ3) is 4.17. The summed E-state index contributed by atoms with van der Waals surface area (Å²) in [6.45, 7) is 4.22. The minimum absolute atomic E-state index is 0.152. The summed E-state index contributed by atoms with van der Waals surface area (Å²) < 4.78 is 26.9. The Hall–Kier alpha value is -2.72. The van der Waals surface area contributed by atoms with E-state index in [1.165, 1.54) is 23.4 Å². The van der Waals surface area contributed by atoms with Crippen molar-refractivity contribution in [1.82, 2.24) is 19.4 Å². The lowest BCUT2D eigenvalue weighted by Gasteiger charge is -2.33. The molecule has 144 valence electrons. The van der Waals surface area contributed by atoms with Crippen LogP contribution in [0.4, 0.5) is 5.69 Å². The van der Waals surface area contributed by atoms with Crippen LogP contribution in [-0.2, 0) is 14.8 Å². The van der Waals surface area contributed by atoms with Crippen molar-refractivity contribution in [2.24, 2.45) is 0 Å². The first kappa shape index (κ1) is 19.1. The van der Waals surface area contributed by atoms with Crippen LogP contribution in [0.1, 0.15) is 23.1 Å². The van der Waals surface area contributed by atoms with Crippen LogP contribution in [0, 0.1) is 6.92 Å². The maximum atomic E-state index is 12.8. The fraction of sp³-hybridized carbons (Fsp3) is 0.353. The average molecular weight is 391 g/mol. The molecule has 10 heteroatoms. The van der Waals surface area contributed by atoms with Gasteiger partial charge in [-0.05, 0) is 37.3 Å². The van der Waals surface area contributed by atoms with Crippen LogP contribution in [-0.4, -0.2) is 65.8 Å². The molecule has 1 aliphatic heterocycles. The van der Waals surface area contributed by atoms with Crippen LogP contribution in [0.25, 0.3) is 0 Å². The zero-order chi connectivity index (χ0) is 19.6. The van der Waals surface area contributed by atoms with Gasteiger partial charge in [0.25, 0.3) is 5.91 Å². The van der Waals surface area contributed by atoms with Crippen molar-refractivity contribution in [3.8, 4) is 0 Å². The molecule has 0 bridgehead atoms. The Morgan fingerprint density at radius 3 is 2.26 bits per heavy atom. The normalized spacial score (nSPS) is 15.6. The molecule has 0 atom stereocenters. The van der Waals surface area contributed by atoms with Gasteiger partial charge < -0.3 is 10.2 Å². The number of aromatic nitrogens is 2. The van der Waals surface area contributed by atoms with E-state index < -0.39 is 10.0 Å². The molecule has 2 amide bonds. The molecule has 9 nitrogen and oxygen atoms in total. The first-order valence-corrected chi connectivity index (χ1v) is 9.90. The number of aromatic amines is 1. The van der Waals surface area contributed by atoms with Gasteiger partial charge in [0.1, 0.15) is 5.69 Å². The van der Waals surface area contributed by atoms with E-state index in [1.807, 2.05) is 6.92 Å². The Morgan fingerprint density at radius 1 is 1.11 bits per heavy atom. The summed E-state index contributed by atoms with van der Waals surface area (Å²) in [5.41, 5.74) is 1.66. The third-order valence-electron chi connectivity index (χ3n) is 4.26. The molecule has 3 rings (SSSR count). The standard InChI is InChI=1S/C17H21N5O4S/c1-12-11-16(20-19-12)17(24)21-7-9-22(10-8-21)27(25,26)15-5-3-14(4-6-15)18-13(2)23/h3-6,11H,7-10H2,1-2H3,(H,18,23)(H,19,20). The maximum absolute atomic E-state index is 12.8. The monoisotopic (exact) mass is 391 g/mol. The molecule has 0 radical (unpaired) electrons. The Labute approximate surface area is 157 Å². The Kier molecular flexibility index (Phi) is 5.29. The second kappa shape index (κ2) is 7.49. The molecule has 0 saturated carbocycles. The molecule has 1 aromatic heterocycles. The van der Waals surface area contributed by atoms with E-state index in [2.05, 4.69) is 15.5 Å². The van der Waals surface area contributed by atoms with Gasteiger partial charge in [0.05, 0.1) is 4.90 Å². The summed E-state index contributed by atoms with van der Waals surface area (Å²) in [4.78, 5) is 25.2. The first-order chi connectivity index (χ1) is 12.8. The lowest BCUT2D eigenvalue weighted by Crippen LogP contribution is -2.50. The highest BCUT2D eigenvalue weighted by Crippen LogP contribution is 2.20. The van der Waals surface area contributed by atoms with Crippen molar-refractivity contribution in [2.75, 3.05) is 31.5 Å². The van der Waals surface area contributed by atoms with Crippen LogP contribution in [0.15, 0.2) is 35.2 Å². The number of hydrogen-bond acceptors (Lipinski definition) is 5. The Balaban J connectivity index is 1.65. The molecule has 2 aromatic rings. The van der Waals surface area contributed by atoms with Gasteiger partial charge in [-0.1, -0.05) is 0 Å². The number of H-pyrrole nitrogens is 1. The number of piperazine rings is 1. The van der Waals surface area contributed by atoms with E-state index in [-0.39, 0.29) is 29.8 Å². The molecule has 0 unspecified atom stereocenters. The van der Waals surface area contributed by atoms with Gasteiger partial charge in [-0.15, -0.1) is 0 Å². The second-order valence-corrected chi connectivity index (χ2v) is 8.28. The van der Waals surface area contributed by atoms with Crippen LogP contribution in [0.5, 0.6) is 0 Å². The molecule has 0 spiro atoms. The molecular formula is C17H21N5O4S. The van der Waals surface area contributed by atoms with Crippen molar-refractivity contribution < 1.29 is 18.0 Å². The van der Waals surface area contributed by atoms with Crippen LogP contribution in [0.3, 0.4) is 0 Å². The minimum atomic E-state index is -3.66. The highest BCUT2D eigenvalue weighted by molar-refractivity contribution is 7.89. The van der Waals surface area contributed by atoms with E-state index in [4.69, 9.17) is 0 Å². The molecular weight excluding hydrogens is 370 g/mol. The summed E-state index contributed by atoms with van der Waals surface area (Å²) in [6, 6.07) is 7.69. The first-order valence-electron chi connectivity index (χ1n) is 8.46. The number of anilines is 1. The molecule has 2 N–H and O–H groups in total. The van der Waals surface area contributed by atoms with Crippen molar-refractivity contribution >= 4 is 27.5 Å². The van der Waals surface area contributed by atoms with Gasteiger partial charge in [0.15, 0.2) is 0 Å². The summed E-state index contributed by atoms with van der Waals surface area (Å²) in [5, 5.41) is 9.28. The van der Waals surface area contributed by atoms with E-state index in [0.717, 1.165) is 5.69 Å². The van der Waals surface area contributed by atoms with Crippen molar-refractivity contribution in [3.63, 3.8) is 0 Å². The van der Waals surface area contributed by atoms with Crippen LogP contribution < -0.4 is 5.32 Å². The van der Waals surface area contributed by atoms with Gasteiger partial charge in [-0.3, -0.25) is 14.7 Å². The number of hydrogen-bond donors (Lipinski definition) is 2. The zero-order valence-electron chi connectivity index (χ0n) is 15.1. The van der Waals surface area contributed by atoms with Crippen molar-refractivity contribution in [2.45, 2.75) is 18.7 Å². The summed E-state index contributed by atoms with van der Waals surface area (Å²) in [7, 11) is -3.66. The highest BCUT2D eigenvalue weighted by atomic mass is 32.2. The predicted octanol–water partition coefficient (Wildman–Crippen LogP) is 0.823. The molecule has 1 aliphatic rings. The van der Waals surface area contributed by atoms with Gasteiger partial charge in [0, 0.05) is 44.5 Å². The molecule has 1 aromatic carbocycles. The number of rotatable bonds is 4. The van der Waals surface area contributed by atoms with Crippen LogP contribution >= 0.6 is 0 Å². The largest absolute Gasteiger partial charge is 0.335 e. The number of nitrogens with zero attached hydrogens (tertiary/aromatic N) is 3. The number of carbonyl (C=O) groups is 2. The second-order valence-electron chi connectivity index (χ2n) is 6.34. The topological polar surface area (TPSA) is 115 Å². The van der Waals surface area contributed by atoms with E-state index in [9.17, 15) is 18.0 Å². The van der Waals surface area contributed by atoms with Crippen molar-refractivity contribution in [1.29, 1.82) is 0 Å². The number of aryl methyl sites for hydroxylation is 1. The molecule has 1 saturated heterocycles. The smallest absolute Gasteiger partial charge is 0.274 e. The molecule has 27 heavy (non-hydrogen) atoms. The van der Waals surface area contributed by atoms with Gasteiger partial charge in [-0.2, -0.15) is 9.40 Å². The summed E-state index contributed by atoms with van der Waals surface area (Å²) in [6.07, 6.45) is 0. The van der Waals surface area contributed by atoms with E-state index in [1.54, 1.807) is 23.1 Å². The Bertz CT molecular complexity index is 944. The van der Waals surface area contributed by atoms with Gasteiger partial charge >= 0.3 is 0 Å². The number of benzene rings is 1. The lowest BCUT2D eigenvalue weighted by atomic mass is 10.3. The maximum Gasteiger partial charge on any atom is 0.274 e. The number of sulfonamides is 1. The number of nitrogens with one attached hydrogen (secondary N) is 2. The minimum Gasteiger partial charge on any atom is -0.335 e. The number of carbonyl (C=O) groups excluding carboxylic acids is 2. The SMILES string of the molecule is CC(=O)Nc1ccc(S(=O)(=O)N2CCN(C(=O)c3cc(C)[nH]n3)CC2)cc1. The Morgan fingerprint density at radius 2 is 1.74 bits per heavy atom.